The molecule has 6 aromatic carbocycles. The molecule has 0 spiro atoms. The van der Waals surface area contributed by atoms with Crippen LogP contribution in [0.3, 0.4) is 0 Å². The van der Waals surface area contributed by atoms with Crippen LogP contribution in [0, 0.1) is 0 Å². The van der Waals surface area contributed by atoms with Gasteiger partial charge in [-0.15, -0.1) is 0 Å². The highest BCUT2D eigenvalue weighted by atomic mass is 16.5. The Morgan fingerprint density at radius 2 is 1.04 bits per heavy atom. The second-order valence-corrected chi connectivity index (χ2v) is 13.0. The molecule has 7 aromatic rings. The molecular formula is C46H31N3O. The number of para-hydroxylation sites is 1. The average Bonchev–Trinajstić information content (AvgIpc) is 3.56. The minimum absolute atomic E-state index is 0.182. The summed E-state index contributed by atoms with van der Waals surface area (Å²) < 4.78 is 6.28. The molecule has 1 unspecified atom stereocenters. The number of hydrogen-bond acceptors (Lipinski definition) is 4. The van der Waals surface area contributed by atoms with E-state index in [4.69, 9.17) is 14.7 Å². The van der Waals surface area contributed by atoms with Crippen LogP contribution in [0.5, 0.6) is 5.75 Å². The average molecular weight is 642 g/mol. The monoisotopic (exact) mass is 641 g/mol. The maximum Gasteiger partial charge on any atom is 0.160 e. The molecule has 50 heavy (non-hydrogen) atoms. The Bertz CT molecular complexity index is 2410. The molecule has 3 heterocycles. The van der Waals surface area contributed by atoms with Gasteiger partial charge >= 0.3 is 0 Å². The lowest BCUT2D eigenvalue weighted by Gasteiger charge is -2.31. The van der Waals surface area contributed by atoms with Gasteiger partial charge in [0, 0.05) is 45.7 Å². The Balaban J connectivity index is 1.18. The molecule has 4 heteroatoms. The Morgan fingerprint density at radius 3 is 1.78 bits per heavy atom. The Hall–Kier alpha value is -6.52. The number of rotatable bonds is 2. The van der Waals surface area contributed by atoms with E-state index in [-0.39, 0.29) is 5.92 Å². The smallest absolute Gasteiger partial charge is 0.160 e. The third-order valence-electron chi connectivity index (χ3n) is 9.96. The van der Waals surface area contributed by atoms with E-state index in [9.17, 15) is 0 Å². The summed E-state index contributed by atoms with van der Waals surface area (Å²) in [6.45, 7) is 0. The molecule has 10 rings (SSSR count). The van der Waals surface area contributed by atoms with Gasteiger partial charge in [0.25, 0.3) is 0 Å². The molecule has 236 valence electrons. The highest BCUT2D eigenvalue weighted by Crippen LogP contribution is 2.48. The number of nitrogens with zero attached hydrogens (tertiary/aromatic N) is 3. The van der Waals surface area contributed by atoms with Crippen LogP contribution in [0.15, 0.2) is 181 Å². The lowest BCUT2D eigenvalue weighted by atomic mass is 9.89. The van der Waals surface area contributed by atoms with Gasteiger partial charge in [-0.3, -0.25) is 0 Å². The van der Waals surface area contributed by atoms with Gasteiger partial charge in [0.15, 0.2) is 5.82 Å². The van der Waals surface area contributed by atoms with Crippen LogP contribution >= 0.6 is 0 Å². The quantitative estimate of drug-likeness (QED) is 0.188. The lowest BCUT2D eigenvalue weighted by Crippen LogP contribution is -2.20. The van der Waals surface area contributed by atoms with E-state index in [1.165, 1.54) is 11.3 Å². The highest BCUT2D eigenvalue weighted by Gasteiger charge is 2.33. The van der Waals surface area contributed by atoms with Crippen LogP contribution in [0.4, 0.5) is 11.4 Å². The van der Waals surface area contributed by atoms with Gasteiger partial charge in [-0.25, -0.2) is 9.97 Å². The summed E-state index contributed by atoms with van der Waals surface area (Å²) in [6.07, 6.45) is 5.21. The van der Waals surface area contributed by atoms with Crippen LogP contribution in [0.25, 0.3) is 56.2 Å². The number of fused-ring (bicyclic) bond motifs is 17. The molecular weight excluding hydrogens is 611 g/mol. The first-order valence-corrected chi connectivity index (χ1v) is 17.1. The first-order chi connectivity index (χ1) is 24.7. The Labute approximate surface area is 291 Å². The van der Waals surface area contributed by atoms with Gasteiger partial charge in [-0.1, -0.05) is 109 Å². The topological polar surface area (TPSA) is 38.2 Å². The van der Waals surface area contributed by atoms with Crippen LogP contribution in [0.2, 0.25) is 0 Å². The van der Waals surface area contributed by atoms with Crippen molar-refractivity contribution in [2.45, 2.75) is 12.3 Å². The predicted molar refractivity (Wildman–Crippen MR) is 202 cm³/mol. The highest BCUT2D eigenvalue weighted by molar-refractivity contribution is 5.82. The molecule has 0 N–H and O–H groups in total. The molecule has 0 saturated heterocycles. The van der Waals surface area contributed by atoms with Gasteiger partial charge in [-0.2, -0.15) is 0 Å². The molecule has 3 aliphatic rings. The maximum atomic E-state index is 6.28. The van der Waals surface area contributed by atoms with Crippen molar-refractivity contribution in [3.05, 3.63) is 187 Å². The van der Waals surface area contributed by atoms with Crippen molar-refractivity contribution in [3.8, 4) is 61.9 Å². The molecule has 0 amide bonds. The minimum Gasteiger partial charge on any atom is -0.461 e. The van der Waals surface area contributed by atoms with E-state index in [0.29, 0.717) is 5.82 Å². The zero-order valence-corrected chi connectivity index (χ0v) is 27.2. The zero-order chi connectivity index (χ0) is 33.0. The SMILES string of the molecule is C1=C2Oc3ccccc3C2CC(N2c3cccc(c3)-c3cccc(c3)-c3cc(-c4ccccc4)nc(n3)-c3cccc(c3)-c3cccc2c3)=C1. The van der Waals surface area contributed by atoms with E-state index in [0.717, 1.165) is 79.6 Å². The molecule has 0 radical (unpaired) electrons. The summed E-state index contributed by atoms with van der Waals surface area (Å²) in [7, 11) is 0. The Morgan fingerprint density at radius 1 is 0.480 bits per heavy atom. The van der Waals surface area contributed by atoms with Crippen molar-refractivity contribution < 1.29 is 4.74 Å². The fourth-order valence-electron chi connectivity index (χ4n) is 7.50. The van der Waals surface area contributed by atoms with E-state index < -0.39 is 0 Å². The van der Waals surface area contributed by atoms with E-state index in [1.54, 1.807) is 0 Å². The first-order valence-electron chi connectivity index (χ1n) is 17.1. The summed E-state index contributed by atoms with van der Waals surface area (Å²) in [5.41, 5.74) is 14.1. The summed E-state index contributed by atoms with van der Waals surface area (Å²) in [5, 5.41) is 0. The summed E-state index contributed by atoms with van der Waals surface area (Å²) in [4.78, 5) is 12.7. The van der Waals surface area contributed by atoms with Gasteiger partial charge < -0.3 is 9.64 Å². The van der Waals surface area contributed by atoms with Crippen molar-refractivity contribution in [1.29, 1.82) is 0 Å². The van der Waals surface area contributed by atoms with Crippen molar-refractivity contribution >= 4 is 11.4 Å². The van der Waals surface area contributed by atoms with Crippen LogP contribution in [0.1, 0.15) is 17.9 Å². The molecule has 1 aliphatic carbocycles. The van der Waals surface area contributed by atoms with Crippen molar-refractivity contribution in [1.82, 2.24) is 9.97 Å². The number of ether oxygens (including phenoxy) is 1. The summed E-state index contributed by atoms with van der Waals surface area (Å²) >= 11 is 0. The van der Waals surface area contributed by atoms with Crippen molar-refractivity contribution in [2.75, 3.05) is 4.90 Å². The van der Waals surface area contributed by atoms with Gasteiger partial charge in [-0.05, 0) is 82.9 Å². The molecule has 10 bridgehead atoms. The molecule has 2 aliphatic heterocycles. The van der Waals surface area contributed by atoms with E-state index in [2.05, 4.69) is 163 Å². The Kier molecular flexibility index (Phi) is 6.59. The fraction of sp³-hybridized carbons (Fsp3) is 0.0435. The van der Waals surface area contributed by atoms with E-state index >= 15 is 0 Å². The number of hydrogen-bond donors (Lipinski definition) is 0. The van der Waals surface area contributed by atoms with Crippen LogP contribution < -0.4 is 9.64 Å². The van der Waals surface area contributed by atoms with Gasteiger partial charge in [0.1, 0.15) is 11.5 Å². The second kappa shape index (κ2) is 11.6. The third kappa shape index (κ3) is 4.92. The molecule has 1 aromatic heterocycles. The van der Waals surface area contributed by atoms with Crippen molar-refractivity contribution in [3.63, 3.8) is 0 Å². The van der Waals surface area contributed by atoms with Crippen LogP contribution in [-0.4, -0.2) is 9.97 Å². The standard InChI is InChI=1S/C46H31N3O/c1-2-10-30(11-3-1)42-29-43-35-16-6-12-31(24-35)33-14-8-18-37(26-33)49(39-22-23-45-41(28-39)40-20-4-5-21-44(40)50-45)38-19-9-15-34(27-38)32-13-7-17-36(25-32)46(47-42)48-43/h1-27,29,41H,28H2. The number of allylic oxidation sites excluding steroid dienone is 4. The second-order valence-electron chi connectivity index (χ2n) is 13.0. The normalized spacial score (nSPS) is 15.3. The van der Waals surface area contributed by atoms with Gasteiger partial charge in [0.2, 0.25) is 0 Å². The van der Waals surface area contributed by atoms with Crippen molar-refractivity contribution in [2.24, 2.45) is 0 Å². The number of anilines is 2. The largest absolute Gasteiger partial charge is 0.461 e. The molecule has 0 saturated carbocycles. The fourth-order valence-corrected chi connectivity index (χ4v) is 7.50. The number of benzene rings is 6. The van der Waals surface area contributed by atoms with Gasteiger partial charge in [0.05, 0.1) is 17.3 Å². The minimum atomic E-state index is 0.182. The van der Waals surface area contributed by atoms with E-state index in [1.807, 2.05) is 12.1 Å². The summed E-state index contributed by atoms with van der Waals surface area (Å²) in [6, 6.07) is 55.9. The summed E-state index contributed by atoms with van der Waals surface area (Å²) in [5.74, 6) is 2.86. The molecule has 1 atom stereocenters. The predicted octanol–water partition coefficient (Wildman–Crippen LogP) is 11.6. The maximum absolute atomic E-state index is 6.28. The molecule has 4 nitrogen and oxygen atoms in total. The lowest BCUT2D eigenvalue weighted by molar-refractivity contribution is 0.423. The number of aromatic nitrogens is 2. The zero-order valence-electron chi connectivity index (χ0n) is 27.2. The third-order valence-corrected chi connectivity index (χ3v) is 9.96. The molecule has 0 fully saturated rings. The first kappa shape index (κ1) is 28.5. The van der Waals surface area contributed by atoms with Crippen LogP contribution in [-0.2, 0) is 0 Å².